The molecule has 0 bridgehead atoms. The Labute approximate surface area is 174 Å². The van der Waals surface area contributed by atoms with Crippen LogP contribution in [0.5, 0.6) is 0 Å². The van der Waals surface area contributed by atoms with Gasteiger partial charge in [-0.15, -0.1) is 24.0 Å². The van der Waals surface area contributed by atoms with Crippen molar-refractivity contribution >= 4 is 40.0 Å². The van der Waals surface area contributed by atoms with Gasteiger partial charge in [-0.2, -0.15) is 0 Å². The predicted molar refractivity (Wildman–Crippen MR) is 118 cm³/mol. The average molecular weight is 498 g/mol. The fourth-order valence-corrected chi connectivity index (χ4v) is 2.82. The Morgan fingerprint density at radius 1 is 1.15 bits per heavy atom. The maximum absolute atomic E-state index is 11.4. The zero-order valence-corrected chi connectivity index (χ0v) is 18.6. The van der Waals surface area contributed by atoms with Gasteiger partial charge in [0.25, 0.3) is 0 Å². The summed E-state index contributed by atoms with van der Waals surface area (Å²) in [5.41, 5.74) is 1.05. The predicted octanol–water partition coefficient (Wildman–Crippen LogP) is 1.26. The number of aliphatic hydroxyl groups is 1. The van der Waals surface area contributed by atoms with Gasteiger partial charge < -0.3 is 15.7 Å². The van der Waals surface area contributed by atoms with E-state index in [1.165, 1.54) is 0 Å². The normalized spacial score (nSPS) is 13.0. The van der Waals surface area contributed by atoms with Crippen LogP contribution in [0.1, 0.15) is 31.7 Å². The van der Waals surface area contributed by atoms with Crippen molar-refractivity contribution in [3.05, 3.63) is 35.9 Å². The maximum atomic E-state index is 11.4. The highest BCUT2D eigenvalue weighted by Gasteiger charge is 2.10. The number of sulfonamides is 1. The number of hydrogen-bond donors (Lipinski definition) is 4. The van der Waals surface area contributed by atoms with Crippen LogP contribution >= 0.6 is 24.0 Å². The lowest BCUT2D eigenvalue weighted by atomic mass is 10.0. The molecule has 7 nitrogen and oxygen atoms in total. The third-order valence-corrected chi connectivity index (χ3v) is 5.06. The molecule has 1 rings (SSSR count). The second-order valence-corrected chi connectivity index (χ2v) is 7.68. The smallest absolute Gasteiger partial charge is 0.211 e. The standard InChI is InChI=1S/C17H30N4O3S.HI/c1-3-18-17(19-11-8-12-21-25(23,24)4-2)20-13-16(14-22)15-9-6-5-7-10-15;/h5-7,9-10,16,21-22H,3-4,8,11-14H2,1-2H3,(H2,18,19,20);1H. The van der Waals surface area contributed by atoms with Crippen LogP contribution in [-0.2, 0) is 10.0 Å². The van der Waals surface area contributed by atoms with Crippen LogP contribution in [0.15, 0.2) is 35.3 Å². The van der Waals surface area contributed by atoms with Crippen molar-refractivity contribution in [2.75, 3.05) is 38.5 Å². The molecule has 0 aliphatic heterocycles. The van der Waals surface area contributed by atoms with Gasteiger partial charge in [-0.1, -0.05) is 30.3 Å². The molecule has 9 heteroatoms. The summed E-state index contributed by atoms with van der Waals surface area (Å²) in [4.78, 5) is 4.52. The van der Waals surface area contributed by atoms with Gasteiger partial charge in [0.05, 0.1) is 18.9 Å². The second-order valence-electron chi connectivity index (χ2n) is 5.59. The summed E-state index contributed by atoms with van der Waals surface area (Å²) >= 11 is 0. The van der Waals surface area contributed by atoms with Gasteiger partial charge in [-0.3, -0.25) is 4.99 Å². The molecular weight excluding hydrogens is 467 g/mol. The van der Waals surface area contributed by atoms with Crippen molar-refractivity contribution in [3.8, 4) is 0 Å². The quantitative estimate of drug-likeness (QED) is 0.159. The Balaban J connectivity index is 0.00000625. The van der Waals surface area contributed by atoms with Gasteiger partial charge in [0.1, 0.15) is 0 Å². The zero-order valence-electron chi connectivity index (χ0n) is 15.4. The van der Waals surface area contributed by atoms with Crippen LogP contribution in [0.4, 0.5) is 0 Å². The summed E-state index contributed by atoms with van der Waals surface area (Å²) < 4.78 is 25.2. The molecule has 0 spiro atoms. The Hall–Kier alpha value is -0.910. The first-order chi connectivity index (χ1) is 12.0. The van der Waals surface area contributed by atoms with Crippen LogP contribution in [0.3, 0.4) is 0 Å². The van der Waals surface area contributed by atoms with Gasteiger partial charge in [-0.25, -0.2) is 13.1 Å². The van der Waals surface area contributed by atoms with Gasteiger partial charge in [0.15, 0.2) is 5.96 Å². The molecule has 1 atom stereocenters. The fourth-order valence-electron chi connectivity index (χ4n) is 2.16. The number of aliphatic imine (C=N–C) groups is 1. The molecule has 26 heavy (non-hydrogen) atoms. The van der Waals surface area contributed by atoms with E-state index < -0.39 is 10.0 Å². The fraction of sp³-hybridized carbons (Fsp3) is 0.588. The minimum absolute atomic E-state index is 0. The van der Waals surface area contributed by atoms with Crippen molar-refractivity contribution in [2.24, 2.45) is 4.99 Å². The Bertz CT molecular complexity index is 612. The number of nitrogens with zero attached hydrogens (tertiary/aromatic N) is 1. The molecule has 0 fully saturated rings. The first-order valence-electron chi connectivity index (χ1n) is 8.67. The molecule has 1 aromatic carbocycles. The molecular formula is C17H31IN4O3S. The summed E-state index contributed by atoms with van der Waals surface area (Å²) in [5, 5.41) is 15.9. The monoisotopic (exact) mass is 498 g/mol. The summed E-state index contributed by atoms with van der Waals surface area (Å²) in [6.45, 7) is 5.82. The molecule has 0 aliphatic rings. The Morgan fingerprint density at radius 3 is 2.42 bits per heavy atom. The van der Waals surface area contributed by atoms with Crippen molar-refractivity contribution in [2.45, 2.75) is 26.2 Å². The highest BCUT2D eigenvalue weighted by atomic mass is 127. The number of benzene rings is 1. The molecule has 0 radical (unpaired) electrons. The highest BCUT2D eigenvalue weighted by Crippen LogP contribution is 2.14. The highest BCUT2D eigenvalue weighted by molar-refractivity contribution is 14.0. The molecule has 4 N–H and O–H groups in total. The largest absolute Gasteiger partial charge is 0.396 e. The third kappa shape index (κ3) is 10.3. The number of aliphatic hydroxyl groups excluding tert-OH is 1. The van der Waals surface area contributed by atoms with Crippen molar-refractivity contribution in [3.63, 3.8) is 0 Å². The third-order valence-electron chi connectivity index (χ3n) is 3.65. The maximum Gasteiger partial charge on any atom is 0.211 e. The molecule has 0 saturated carbocycles. The van der Waals surface area contributed by atoms with Crippen molar-refractivity contribution < 1.29 is 13.5 Å². The van der Waals surface area contributed by atoms with Crippen molar-refractivity contribution in [1.82, 2.24) is 15.4 Å². The van der Waals surface area contributed by atoms with E-state index in [2.05, 4.69) is 20.3 Å². The molecule has 0 aliphatic carbocycles. The van der Waals surface area contributed by atoms with E-state index in [4.69, 9.17) is 0 Å². The van der Waals surface area contributed by atoms with Gasteiger partial charge in [-0.05, 0) is 25.8 Å². The molecule has 1 unspecified atom stereocenters. The average Bonchev–Trinajstić information content (AvgIpc) is 2.62. The lowest BCUT2D eigenvalue weighted by molar-refractivity contribution is 0.268. The first kappa shape index (κ1) is 25.1. The Morgan fingerprint density at radius 2 is 1.85 bits per heavy atom. The minimum atomic E-state index is -3.14. The summed E-state index contributed by atoms with van der Waals surface area (Å²) in [6.07, 6.45) is 0.658. The molecule has 0 saturated heterocycles. The number of hydrogen-bond acceptors (Lipinski definition) is 4. The lowest BCUT2D eigenvalue weighted by Gasteiger charge is -2.15. The summed E-state index contributed by atoms with van der Waals surface area (Å²) in [7, 11) is -3.14. The molecule has 150 valence electrons. The second kappa shape index (κ2) is 14.2. The number of halogens is 1. The number of rotatable bonds is 11. The van der Waals surface area contributed by atoms with E-state index in [1.807, 2.05) is 37.3 Å². The van der Waals surface area contributed by atoms with E-state index in [0.717, 1.165) is 12.1 Å². The lowest BCUT2D eigenvalue weighted by Crippen LogP contribution is -2.39. The number of guanidine groups is 1. The number of nitrogens with one attached hydrogen (secondary N) is 3. The van der Waals surface area contributed by atoms with E-state index >= 15 is 0 Å². The van der Waals surface area contributed by atoms with Crippen LogP contribution < -0.4 is 15.4 Å². The molecule has 0 amide bonds. The minimum Gasteiger partial charge on any atom is -0.396 e. The van der Waals surface area contributed by atoms with Crippen LogP contribution in [0.25, 0.3) is 0 Å². The van der Waals surface area contributed by atoms with E-state index in [1.54, 1.807) is 6.92 Å². The molecule has 0 heterocycles. The van der Waals surface area contributed by atoms with Crippen LogP contribution in [-0.4, -0.2) is 58.0 Å². The van der Waals surface area contributed by atoms with E-state index in [9.17, 15) is 13.5 Å². The first-order valence-corrected chi connectivity index (χ1v) is 10.3. The summed E-state index contributed by atoms with van der Waals surface area (Å²) in [6, 6.07) is 9.80. The molecule has 1 aromatic rings. The molecule has 0 aromatic heterocycles. The topological polar surface area (TPSA) is 103 Å². The zero-order chi connectivity index (χ0) is 18.5. The van der Waals surface area contributed by atoms with Gasteiger partial charge in [0.2, 0.25) is 10.0 Å². The summed E-state index contributed by atoms with van der Waals surface area (Å²) in [5.74, 6) is 0.704. The van der Waals surface area contributed by atoms with Crippen molar-refractivity contribution in [1.29, 1.82) is 0 Å². The van der Waals surface area contributed by atoms with E-state index in [-0.39, 0.29) is 42.3 Å². The Kier molecular flexibility index (Phi) is 13.7. The van der Waals surface area contributed by atoms with E-state index in [0.29, 0.717) is 32.0 Å². The van der Waals surface area contributed by atoms with Gasteiger partial charge in [0, 0.05) is 25.6 Å². The van der Waals surface area contributed by atoms with Crippen LogP contribution in [0.2, 0.25) is 0 Å². The van der Waals surface area contributed by atoms with Gasteiger partial charge >= 0.3 is 0 Å². The van der Waals surface area contributed by atoms with Crippen LogP contribution in [0, 0.1) is 0 Å². The SMILES string of the molecule is CCNC(=NCC(CO)c1ccccc1)NCCCNS(=O)(=O)CC.I.